The Bertz CT molecular complexity index is 1560. The smallest absolute Gasteiger partial charge is 0.234 e. The molecule has 7 rings (SSSR count). The first-order valence-electron chi connectivity index (χ1n) is 12.5. The number of morpholine rings is 1. The minimum absolute atomic E-state index is 0.0397. The number of rotatable bonds is 5. The topological polar surface area (TPSA) is 89.3 Å². The van der Waals surface area contributed by atoms with Crippen molar-refractivity contribution in [3.05, 3.63) is 46.6 Å². The summed E-state index contributed by atoms with van der Waals surface area (Å²) in [5, 5.41) is 9.64. The molecule has 2 saturated heterocycles. The van der Waals surface area contributed by atoms with E-state index in [0.717, 1.165) is 50.2 Å². The van der Waals surface area contributed by atoms with E-state index in [9.17, 15) is 9.59 Å². The molecular weight excluding hydrogens is 510 g/mol. The van der Waals surface area contributed by atoms with Gasteiger partial charge in [0.1, 0.15) is 0 Å². The molecule has 1 aromatic carbocycles. The Balaban J connectivity index is 1.27. The van der Waals surface area contributed by atoms with Crippen LogP contribution in [0, 0.1) is 17.3 Å². The van der Waals surface area contributed by atoms with Crippen molar-refractivity contribution in [3.8, 4) is 11.1 Å². The molecule has 2 unspecified atom stereocenters. The normalized spacial score (nSPS) is 24.8. The average Bonchev–Trinajstić information content (AvgIpc) is 3.23. The van der Waals surface area contributed by atoms with Crippen LogP contribution in [0.1, 0.15) is 18.7 Å². The lowest BCUT2D eigenvalue weighted by atomic mass is 10.0. The second-order valence-corrected chi connectivity index (χ2v) is 12.3. The van der Waals surface area contributed by atoms with Crippen LogP contribution in [0.15, 0.2) is 36.7 Å². The highest BCUT2D eigenvalue weighted by Crippen LogP contribution is 2.63. The predicted octanol–water partition coefficient (Wildman–Crippen LogP) is 4.10. The fourth-order valence-electron chi connectivity index (χ4n) is 6.06. The maximum absolute atomic E-state index is 12.9. The Labute approximate surface area is 222 Å². The van der Waals surface area contributed by atoms with Crippen LogP contribution in [-0.2, 0) is 27.4 Å². The van der Waals surface area contributed by atoms with E-state index in [1.54, 1.807) is 17.5 Å². The molecule has 8 nitrogen and oxygen atoms in total. The highest BCUT2D eigenvalue weighted by molar-refractivity contribution is 7.19. The van der Waals surface area contributed by atoms with E-state index in [0.29, 0.717) is 18.2 Å². The quantitative estimate of drug-likeness (QED) is 0.387. The van der Waals surface area contributed by atoms with Crippen molar-refractivity contribution < 1.29 is 14.3 Å². The van der Waals surface area contributed by atoms with Gasteiger partial charge in [-0.05, 0) is 29.7 Å². The molecule has 1 N–H and O–H groups in total. The maximum Gasteiger partial charge on any atom is 0.234 e. The molecule has 3 fully saturated rings. The third-order valence-corrected chi connectivity index (χ3v) is 9.40. The number of pyridine rings is 1. The molecule has 3 atom stereocenters. The maximum atomic E-state index is 12.9. The Morgan fingerprint density at radius 3 is 2.76 bits per heavy atom. The average molecular weight is 536 g/mol. The summed E-state index contributed by atoms with van der Waals surface area (Å²) in [6.45, 7) is 7.25. The number of thiophene rings is 1. The van der Waals surface area contributed by atoms with E-state index in [2.05, 4.69) is 15.4 Å². The Morgan fingerprint density at radius 2 is 2.00 bits per heavy atom. The van der Waals surface area contributed by atoms with Crippen LogP contribution in [0.25, 0.3) is 32.2 Å². The lowest BCUT2D eigenvalue weighted by molar-refractivity contribution is -0.143. The molecule has 0 bridgehead atoms. The number of ether oxygens (including phenoxy) is 1. The Morgan fingerprint density at radius 1 is 1.19 bits per heavy atom. The number of benzene rings is 1. The summed E-state index contributed by atoms with van der Waals surface area (Å²) in [5.74, 6) is -0.450. The molecule has 3 aliphatic rings. The second-order valence-electron chi connectivity index (χ2n) is 10.7. The summed E-state index contributed by atoms with van der Waals surface area (Å²) in [7, 11) is 0. The summed E-state index contributed by atoms with van der Waals surface area (Å²) in [4.78, 5) is 32.7. The third-order valence-electron chi connectivity index (χ3n) is 8.04. The Kier molecular flexibility index (Phi) is 5.24. The summed E-state index contributed by atoms with van der Waals surface area (Å²) in [6, 6.07) is 7.88. The monoisotopic (exact) mass is 535 g/mol. The van der Waals surface area contributed by atoms with Crippen molar-refractivity contribution in [1.82, 2.24) is 25.0 Å². The number of carbonyl (C=O) groups is 2. The molecule has 4 aromatic rings. The van der Waals surface area contributed by atoms with E-state index >= 15 is 0 Å². The highest BCUT2D eigenvalue weighted by Gasteiger charge is 2.72. The van der Waals surface area contributed by atoms with Gasteiger partial charge in [0.05, 0.1) is 59.6 Å². The number of nitrogens with zero attached hydrogens (tertiary/aromatic N) is 4. The second kappa shape index (κ2) is 8.33. The molecule has 1 saturated carbocycles. The van der Waals surface area contributed by atoms with E-state index in [4.69, 9.17) is 16.3 Å². The number of amides is 2. The van der Waals surface area contributed by atoms with E-state index in [1.165, 1.54) is 4.90 Å². The fraction of sp³-hybridized carbons (Fsp3) is 0.407. The molecule has 190 valence electrons. The number of imide groups is 1. The van der Waals surface area contributed by atoms with Crippen LogP contribution < -0.4 is 5.32 Å². The van der Waals surface area contributed by atoms with Crippen LogP contribution in [0.2, 0.25) is 5.02 Å². The van der Waals surface area contributed by atoms with Gasteiger partial charge < -0.3 is 10.1 Å². The van der Waals surface area contributed by atoms with Gasteiger partial charge in [0.25, 0.3) is 0 Å². The number of halogens is 1. The molecule has 1 aliphatic carbocycles. The molecule has 37 heavy (non-hydrogen) atoms. The van der Waals surface area contributed by atoms with E-state index in [-0.39, 0.29) is 41.7 Å². The van der Waals surface area contributed by atoms with Crippen molar-refractivity contribution >= 4 is 55.9 Å². The number of carbonyl (C=O) groups excluding carboxylic acids is 2. The van der Waals surface area contributed by atoms with E-state index in [1.807, 2.05) is 49.0 Å². The third kappa shape index (κ3) is 3.63. The first kappa shape index (κ1) is 23.3. The number of likely N-dealkylation sites (tertiary alicyclic amines) is 1. The predicted molar refractivity (Wildman–Crippen MR) is 142 cm³/mol. The van der Waals surface area contributed by atoms with Gasteiger partial charge in [0, 0.05) is 45.7 Å². The summed E-state index contributed by atoms with van der Waals surface area (Å²) < 4.78 is 8.92. The number of nitrogens with one attached hydrogen (secondary N) is 1. The molecule has 2 aliphatic heterocycles. The van der Waals surface area contributed by atoms with Gasteiger partial charge >= 0.3 is 0 Å². The first-order chi connectivity index (χ1) is 17.8. The molecule has 5 heterocycles. The van der Waals surface area contributed by atoms with Crippen molar-refractivity contribution in [3.63, 3.8) is 0 Å². The van der Waals surface area contributed by atoms with Gasteiger partial charge in [0.2, 0.25) is 11.8 Å². The zero-order valence-electron chi connectivity index (χ0n) is 20.5. The lowest BCUT2D eigenvalue weighted by Gasteiger charge is -2.24. The van der Waals surface area contributed by atoms with Crippen molar-refractivity contribution in [1.29, 1.82) is 0 Å². The minimum Gasteiger partial charge on any atom is -0.374 e. The van der Waals surface area contributed by atoms with Crippen molar-refractivity contribution in [2.24, 2.45) is 17.3 Å². The SMILES string of the molecule is CC1(C)C2C(=O)N(Cc3cc4nccc(-c5cc(Cl)cc6cnn(C[C@H]7CNCCO7)c56)c4s3)C(=O)C21. The van der Waals surface area contributed by atoms with Crippen LogP contribution in [0.3, 0.4) is 0 Å². The van der Waals surface area contributed by atoms with Crippen molar-refractivity contribution in [2.75, 3.05) is 19.7 Å². The first-order valence-corrected chi connectivity index (χ1v) is 13.7. The van der Waals surface area contributed by atoms with Crippen LogP contribution in [-0.4, -0.2) is 57.3 Å². The molecule has 10 heteroatoms. The summed E-state index contributed by atoms with van der Waals surface area (Å²) in [6.07, 6.45) is 3.67. The molecule has 0 radical (unpaired) electrons. The van der Waals surface area contributed by atoms with E-state index < -0.39 is 0 Å². The van der Waals surface area contributed by atoms with Crippen molar-refractivity contribution in [2.45, 2.75) is 33.0 Å². The van der Waals surface area contributed by atoms with Crippen LogP contribution >= 0.6 is 22.9 Å². The van der Waals surface area contributed by atoms with Gasteiger partial charge in [-0.3, -0.25) is 24.2 Å². The number of hydrogen-bond acceptors (Lipinski definition) is 7. The highest BCUT2D eigenvalue weighted by atomic mass is 35.5. The summed E-state index contributed by atoms with van der Waals surface area (Å²) >= 11 is 8.12. The number of fused-ring (bicyclic) bond motifs is 3. The number of piperidine rings is 1. The lowest BCUT2D eigenvalue weighted by Crippen LogP contribution is -2.40. The minimum atomic E-state index is -0.209. The zero-order chi connectivity index (χ0) is 25.5. The largest absolute Gasteiger partial charge is 0.374 e. The summed E-state index contributed by atoms with van der Waals surface area (Å²) in [5.41, 5.74) is 3.59. The van der Waals surface area contributed by atoms with Crippen LogP contribution in [0.4, 0.5) is 0 Å². The number of hydrogen-bond donors (Lipinski definition) is 1. The molecule has 0 spiro atoms. The molecular formula is C27H26ClN5O3S. The Hall–Kier alpha value is -2.85. The van der Waals surface area contributed by atoms with Gasteiger partial charge in [-0.15, -0.1) is 11.3 Å². The molecule has 2 amide bonds. The van der Waals surface area contributed by atoms with Gasteiger partial charge in [-0.25, -0.2) is 0 Å². The fourth-order valence-corrected chi connectivity index (χ4v) is 7.42. The molecule has 3 aromatic heterocycles. The zero-order valence-corrected chi connectivity index (χ0v) is 22.1. The number of aromatic nitrogens is 3. The van der Waals surface area contributed by atoms with Crippen LogP contribution in [0.5, 0.6) is 0 Å². The van der Waals surface area contributed by atoms with Gasteiger partial charge in [-0.1, -0.05) is 25.4 Å². The van der Waals surface area contributed by atoms with Gasteiger partial charge in [-0.2, -0.15) is 5.10 Å². The standard InChI is InChI=1S/C27H26ClN5O3S/c1-27(2)21-22(27)26(35)32(25(21)34)13-17-9-20-24(37-17)18(3-4-30-20)19-8-15(28)7-14-10-31-33(23(14)19)12-16-11-29-5-6-36-16/h3-4,7-10,16,21-22,29H,5-6,11-13H2,1-2H3/t16-,21?,22?/m1/s1. The van der Waals surface area contributed by atoms with Gasteiger partial charge in [0.15, 0.2) is 0 Å².